The van der Waals surface area contributed by atoms with E-state index in [9.17, 15) is 44.4 Å². The number of fused-ring (bicyclic) bond motifs is 1. The molecule has 2 aliphatic rings. The number of phenolic OH excluding ortho intramolecular Hbond substituents is 2. The van der Waals surface area contributed by atoms with Crippen molar-refractivity contribution in [1.82, 2.24) is 20.5 Å². The lowest BCUT2D eigenvalue weighted by atomic mass is 10.0. The van der Waals surface area contributed by atoms with Crippen LogP contribution in [0.15, 0.2) is 33.9 Å². The highest BCUT2D eigenvalue weighted by Crippen LogP contribution is 2.40. The predicted octanol–water partition coefficient (Wildman–Crippen LogP) is -0.239. The molecular weight excluding hydrogens is 622 g/mol. The standard InChI is InChI=1S/C25H23N7O10S2/c1-25(2,23(40)41)42-31-14(12-8-44-24(27)29-12)19(36)30-15-20(37)32-16(22(38)39)11(7-43-21(15)32)6-28-18(35)9-3-10(5-26)17(34)13(33)4-9/h3-4,8,15,21,33-34H,6-7H2,1-2H3,(H2,27,29)(H,28,35)(H,30,36)(H,38,39)(H,40,41)/b31-14-/t15-,21?/m1/s1. The van der Waals surface area contributed by atoms with Crippen molar-refractivity contribution in [2.45, 2.75) is 30.9 Å². The normalized spacial score (nSPS) is 18.1. The maximum Gasteiger partial charge on any atom is 0.352 e. The highest BCUT2D eigenvalue weighted by molar-refractivity contribution is 8.00. The van der Waals surface area contributed by atoms with Crippen LogP contribution in [-0.4, -0.2) is 95.0 Å². The van der Waals surface area contributed by atoms with Gasteiger partial charge >= 0.3 is 11.9 Å². The van der Waals surface area contributed by atoms with Gasteiger partial charge in [-0.2, -0.15) is 5.26 Å². The molecule has 3 heterocycles. The zero-order chi connectivity index (χ0) is 32.5. The summed E-state index contributed by atoms with van der Waals surface area (Å²) in [7, 11) is 0. The number of oxime groups is 1. The molecule has 1 fully saturated rings. The molecule has 17 nitrogen and oxygen atoms in total. The Morgan fingerprint density at radius 1 is 1.27 bits per heavy atom. The summed E-state index contributed by atoms with van der Waals surface area (Å²) in [6.45, 7) is 2.09. The van der Waals surface area contributed by atoms with E-state index in [-0.39, 0.29) is 39.8 Å². The molecule has 0 spiro atoms. The summed E-state index contributed by atoms with van der Waals surface area (Å²) in [5.74, 6) is -6.70. The number of nitriles is 1. The fourth-order valence-electron chi connectivity index (χ4n) is 3.95. The summed E-state index contributed by atoms with van der Waals surface area (Å²) < 4.78 is 0. The smallest absolute Gasteiger partial charge is 0.352 e. The SMILES string of the molecule is CC(C)(O/N=C(\C(=O)N[C@@H]1C(=O)N2C(C(=O)O)=C(CNC(=O)c3cc(O)c(O)c(C#N)c3)CSC12)c1csc(N)n1)C(=O)O. The Balaban J connectivity index is 1.51. The van der Waals surface area contributed by atoms with Crippen molar-refractivity contribution in [3.05, 3.63) is 45.6 Å². The van der Waals surface area contributed by atoms with Crippen molar-refractivity contribution in [2.75, 3.05) is 18.0 Å². The monoisotopic (exact) mass is 645 g/mol. The number of aliphatic carboxylic acids is 2. The maximum atomic E-state index is 13.2. The molecule has 1 unspecified atom stereocenters. The fourth-order valence-corrected chi connectivity index (χ4v) is 5.85. The summed E-state index contributed by atoms with van der Waals surface area (Å²) in [4.78, 5) is 72.5. The van der Waals surface area contributed by atoms with E-state index in [0.717, 1.165) is 40.1 Å². The molecule has 19 heteroatoms. The fraction of sp³-hybridized carbons (Fsp3) is 0.280. The molecule has 2 aliphatic heterocycles. The van der Waals surface area contributed by atoms with Gasteiger partial charge in [0.25, 0.3) is 17.7 Å². The summed E-state index contributed by atoms with van der Waals surface area (Å²) in [5, 5.41) is 56.9. The minimum absolute atomic E-state index is 0.0342. The number of carbonyl (C=O) groups is 5. The lowest BCUT2D eigenvalue weighted by molar-refractivity contribution is -0.161. The number of thiazole rings is 1. The zero-order valence-electron chi connectivity index (χ0n) is 22.7. The number of carboxylic acids is 2. The number of anilines is 1. The van der Waals surface area contributed by atoms with E-state index in [0.29, 0.717) is 0 Å². The Kier molecular flexibility index (Phi) is 8.69. The van der Waals surface area contributed by atoms with Crippen LogP contribution in [-0.2, 0) is 24.0 Å². The summed E-state index contributed by atoms with van der Waals surface area (Å²) in [6.07, 6.45) is 0. The molecule has 44 heavy (non-hydrogen) atoms. The van der Waals surface area contributed by atoms with Crippen LogP contribution in [0.2, 0.25) is 0 Å². The number of phenols is 2. The van der Waals surface area contributed by atoms with Crippen molar-refractivity contribution >= 4 is 63.6 Å². The van der Waals surface area contributed by atoms with Gasteiger partial charge in [-0.15, -0.1) is 23.1 Å². The number of aromatic nitrogens is 1. The van der Waals surface area contributed by atoms with Gasteiger partial charge in [-0.3, -0.25) is 19.3 Å². The highest BCUT2D eigenvalue weighted by Gasteiger charge is 2.54. The second-order valence-electron chi connectivity index (χ2n) is 9.72. The van der Waals surface area contributed by atoms with Crippen molar-refractivity contribution in [2.24, 2.45) is 5.16 Å². The largest absolute Gasteiger partial charge is 0.504 e. The van der Waals surface area contributed by atoms with E-state index in [1.807, 2.05) is 0 Å². The third-order valence-corrected chi connectivity index (χ3v) is 8.34. The van der Waals surface area contributed by atoms with Gasteiger partial charge in [0.15, 0.2) is 22.3 Å². The van der Waals surface area contributed by atoms with Crippen LogP contribution in [0.25, 0.3) is 0 Å². The zero-order valence-corrected chi connectivity index (χ0v) is 24.4. The Morgan fingerprint density at radius 2 is 1.98 bits per heavy atom. The third-order valence-electron chi connectivity index (χ3n) is 6.33. The minimum atomic E-state index is -1.82. The van der Waals surface area contributed by atoms with Crippen LogP contribution < -0.4 is 16.4 Å². The van der Waals surface area contributed by atoms with E-state index in [4.69, 9.17) is 15.8 Å². The first-order valence-electron chi connectivity index (χ1n) is 12.3. The second-order valence-corrected chi connectivity index (χ2v) is 11.7. The van der Waals surface area contributed by atoms with Gasteiger partial charge in [0.2, 0.25) is 5.60 Å². The number of carbonyl (C=O) groups excluding carboxylic acids is 3. The van der Waals surface area contributed by atoms with Crippen LogP contribution in [0.1, 0.15) is 35.5 Å². The summed E-state index contributed by atoms with van der Waals surface area (Å²) in [6, 6.07) is 2.41. The first-order chi connectivity index (χ1) is 20.7. The molecule has 1 aromatic carbocycles. The van der Waals surface area contributed by atoms with Gasteiger partial charge in [-0.1, -0.05) is 5.16 Å². The molecule has 4 rings (SSSR count). The van der Waals surface area contributed by atoms with E-state index in [1.165, 1.54) is 19.2 Å². The number of hydrogen-bond acceptors (Lipinski definition) is 14. The number of thioether (sulfide) groups is 1. The van der Waals surface area contributed by atoms with Gasteiger partial charge < -0.3 is 41.6 Å². The molecule has 8 N–H and O–H groups in total. The predicted molar refractivity (Wildman–Crippen MR) is 152 cm³/mol. The summed E-state index contributed by atoms with van der Waals surface area (Å²) >= 11 is 2.08. The molecule has 0 saturated carbocycles. The number of rotatable bonds is 10. The molecule has 0 radical (unpaired) electrons. The minimum Gasteiger partial charge on any atom is -0.504 e. The average molecular weight is 646 g/mol. The van der Waals surface area contributed by atoms with Gasteiger partial charge in [0.1, 0.15) is 28.9 Å². The Hall–Kier alpha value is -5.35. The van der Waals surface area contributed by atoms with E-state index < -0.39 is 69.6 Å². The molecule has 1 aromatic heterocycles. The molecular formula is C25H23N7O10S2. The maximum absolute atomic E-state index is 13.2. The van der Waals surface area contributed by atoms with Gasteiger partial charge in [-0.25, -0.2) is 14.6 Å². The quantitative estimate of drug-likeness (QED) is 0.0760. The first kappa shape index (κ1) is 31.6. The molecule has 230 valence electrons. The van der Waals surface area contributed by atoms with Gasteiger partial charge in [0.05, 0.1) is 5.56 Å². The van der Waals surface area contributed by atoms with Crippen molar-refractivity contribution in [1.29, 1.82) is 5.26 Å². The molecule has 3 amide bonds. The molecule has 2 aromatic rings. The van der Waals surface area contributed by atoms with Crippen molar-refractivity contribution < 1.29 is 49.2 Å². The van der Waals surface area contributed by atoms with Crippen LogP contribution in [0.4, 0.5) is 5.13 Å². The van der Waals surface area contributed by atoms with Gasteiger partial charge in [0, 0.05) is 23.2 Å². The van der Waals surface area contributed by atoms with E-state index in [1.54, 1.807) is 6.07 Å². The Bertz CT molecular complexity index is 1690. The molecule has 0 bridgehead atoms. The number of nitrogens with two attached hydrogens (primary N) is 1. The Morgan fingerprint density at radius 3 is 2.57 bits per heavy atom. The lowest BCUT2D eigenvalue weighted by Gasteiger charge is -2.49. The van der Waals surface area contributed by atoms with Crippen molar-refractivity contribution in [3.63, 3.8) is 0 Å². The number of carboxylic acid groups (broad SMARTS) is 2. The highest BCUT2D eigenvalue weighted by atomic mass is 32.2. The van der Waals surface area contributed by atoms with Gasteiger partial charge in [-0.05, 0) is 31.6 Å². The van der Waals surface area contributed by atoms with Crippen LogP contribution in [0.5, 0.6) is 11.5 Å². The number of nitrogen functional groups attached to an aromatic ring is 1. The third kappa shape index (κ3) is 6.06. The second kappa shape index (κ2) is 12.1. The topological polar surface area (TPSA) is 278 Å². The number of hydrogen-bond donors (Lipinski definition) is 7. The lowest BCUT2D eigenvalue weighted by Crippen LogP contribution is -2.71. The number of nitrogens with zero attached hydrogens (tertiary/aromatic N) is 4. The number of amides is 3. The summed E-state index contributed by atoms with van der Waals surface area (Å²) in [5.41, 5.74) is 2.58. The number of β-lactam (4-membered cyclic amide) rings is 1. The van der Waals surface area contributed by atoms with Crippen LogP contribution in [0, 0.1) is 11.3 Å². The first-order valence-corrected chi connectivity index (χ1v) is 14.2. The number of nitrogens with one attached hydrogen (secondary N) is 2. The average Bonchev–Trinajstić information content (AvgIpc) is 3.40. The van der Waals surface area contributed by atoms with Crippen LogP contribution >= 0.6 is 23.1 Å². The Labute approximate surface area is 255 Å². The molecule has 1 saturated heterocycles. The van der Waals surface area contributed by atoms with E-state index >= 15 is 0 Å². The molecule has 2 atom stereocenters. The number of benzene rings is 1. The van der Waals surface area contributed by atoms with E-state index in [2.05, 4.69) is 20.8 Å². The molecule has 0 aliphatic carbocycles. The number of aromatic hydroxyl groups is 2. The van der Waals surface area contributed by atoms with Crippen LogP contribution in [0.3, 0.4) is 0 Å². The van der Waals surface area contributed by atoms with Crippen molar-refractivity contribution in [3.8, 4) is 17.6 Å².